The lowest BCUT2D eigenvalue weighted by atomic mass is 9.95. The second kappa shape index (κ2) is 5.98. The van der Waals surface area contributed by atoms with Crippen molar-refractivity contribution >= 4 is 35.4 Å². The molecular weight excluding hydrogens is 339 g/mol. The van der Waals surface area contributed by atoms with Crippen molar-refractivity contribution < 1.29 is 4.42 Å². The molecule has 0 amide bonds. The molecule has 130 valence electrons. The van der Waals surface area contributed by atoms with Crippen molar-refractivity contribution in [1.82, 2.24) is 19.5 Å². The molecule has 0 atom stereocenters. The number of benzene rings is 2. The Morgan fingerprint density at radius 3 is 2.85 bits per heavy atom. The molecule has 0 saturated carbocycles. The van der Waals surface area contributed by atoms with Crippen molar-refractivity contribution in [3.05, 3.63) is 77.1 Å². The summed E-state index contributed by atoms with van der Waals surface area (Å²) in [6.45, 7) is 0.411. The highest BCUT2D eigenvalue weighted by molar-refractivity contribution is 6.33. The molecule has 0 radical (unpaired) electrons. The molecule has 0 bridgehead atoms. The molecule has 27 heavy (non-hydrogen) atoms. The molecule has 0 aliphatic rings. The lowest BCUT2D eigenvalue weighted by Gasteiger charge is -2.07. The Balaban J connectivity index is 1.63. The van der Waals surface area contributed by atoms with Gasteiger partial charge in [0.25, 0.3) is 5.56 Å². The van der Waals surface area contributed by atoms with Gasteiger partial charge >= 0.3 is 0 Å². The largest absolute Gasteiger partial charge is 0.449 e. The van der Waals surface area contributed by atoms with Crippen molar-refractivity contribution in [1.29, 1.82) is 0 Å². The zero-order valence-electron chi connectivity index (χ0n) is 14.6. The van der Waals surface area contributed by atoms with Crippen LogP contribution < -0.4 is 11.0 Å². The standard InChI is InChI=1S/C20H15BN4O2/c21-13-6-7-15-14(10-13)17-18(27-15)20(26)24-16(23-17)11-25-9-8-22-19(25)12-4-2-1-3-5-12/h1-10H,11,21H2,(H,23,24,26). The van der Waals surface area contributed by atoms with Crippen molar-refractivity contribution in [2.24, 2.45) is 0 Å². The minimum Gasteiger partial charge on any atom is -0.449 e. The maximum Gasteiger partial charge on any atom is 0.294 e. The third-order valence-corrected chi connectivity index (χ3v) is 4.60. The number of fused-ring (bicyclic) bond motifs is 3. The van der Waals surface area contributed by atoms with E-state index in [1.165, 1.54) is 0 Å². The molecular formula is C20H15BN4O2. The zero-order valence-corrected chi connectivity index (χ0v) is 14.6. The van der Waals surface area contributed by atoms with Gasteiger partial charge in [-0.25, -0.2) is 9.97 Å². The molecule has 0 spiro atoms. The second-order valence-corrected chi connectivity index (χ2v) is 6.54. The van der Waals surface area contributed by atoms with Gasteiger partial charge in [-0.15, -0.1) is 0 Å². The zero-order chi connectivity index (χ0) is 18.4. The number of nitrogens with zero attached hydrogens (tertiary/aromatic N) is 3. The highest BCUT2D eigenvalue weighted by Crippen LogP contribution is 2.24. The summed E-state index contributed by atoms with van der Waals surface area (Å²) in [5, 5.41) is 0.853. The molecule has 0 aliphatic heterocycles. The smallest absolute Gasteiger partial charge is 0.294 e. The van der Waals surface area contributed by atoms with Crippen molar-refractivity contribution in [3.8, 4) is 11.4 Å². The number of hydrogen-bond donors (Lipinski definition) is 1. The summed E-state index contributed by atoms with van der Waals surface area (Å²) >= 11 is 0. The molecule has 3 heterocycles. The van der Waals surface area contributed by atoms with Crippen molar-refractivity contribution in [2.45, 2.75) is 6.54 Å². The Morgan fingerprint density at radius 2 is 2.00 bits per heavy atom. The van der Waals surface area contributed by atoms with E-state index >= 15 is 0 Å². The molecule has 2 aromatic carbocycles. The molecule has 0 saturated heterocycles. The molecule has 0 aliphatic carbocycles. The van der Waals surface area contributed by atoms with Crippen LogP contribution in [0.4, 0.5) is 0 Å². The SMILES string of the molecule is Bc1ccc2oc3c(=O)[nH]c(Cn4ccnc4-c4ccccc4)nc3c2c1. The van der Waals surface area contributed by atoms with Crippen LogP contribution in [0.5, 0.6) is 0 Å². The predicted octanol–water partition coefficient (Wildman–Crippen LogP) is 1.84. The summed E-state index contributed by atoms with van der Waals surface area (Å²) in [4.78, 5) is 24.5. The summed E-state index contributed by atoms with van der Waals surface area (Å²) in [6.07, 6.45) is 3.62. The Bertz CT molecular complexity index is 1330. The van der Waals surface area contributed by atoms with Crippen LogP contribution >= 0.6 is 0 Å². The van der Waals surface area contributed by atoms with Crippen molar-refractivity contribution in [2.75, 3.05) is 0 Å². The van der Waals surface area contributed by atoms with Gasteiger partial charge in [-0.05, 0) is 6.07 Å². The summed E-state index contributed by atoms with van der Waals surface area (Å²) in [5.41, 5.74) is 3.34. The van der Waals surface area contributed by atoms with Crippen LogP contribution in [0.3, 0.4) is 0 Å². The van der Waals surface area contributed by atoms with E-state index in [-0.39, 0.29) is 11.1 Å². The van der Waals surface area contributed by atoms with Gasteiger partial charge in [0.1, 0.15) is 30.6 Å². The number of imidazole rings is 1. The monoisotopic (exact) mass is 354 g/mol. The molecule has 1 N–H and O–H groups in total. The molecule has 0 fully saturated rings. The van der Waals surface area contributed by atoms with E-state index in [1.807, 2.05) is 67.1 Å². The van der Waals surface area contributed by atoms with Crippen LogP contribution in [-0.2, 0) is 6.54 Å². The summed E-state index contributed by atoms with van der Waals surface area (Å²) < 4.78 is 7.66. The minimum atomic E-state index is -0.273. The third-order valence-electron chi connectivity index (χ3n) is 4.60. The number of rotatable bonds is 3. The highest BCUT2D eigenvalue weighted by Gasteiger charge is 2.14. The van der Waals surface area contributed by atoms with Gasteiger partial charge in [0, 0.05) is 23.3 Å². The summed E-state index contributed by atoms with van der Waals surface area (Å²) in [6, 6.07) is 15.7. The number of aromatic nitrogens is 4. The number of H-pyrrole nitrogens is 1. The predicted molar refractivity (Wildman–Crippen MR) is 107 cm³/mol. The average molecular weight is 354 g/mol. The van der Waals surface area contributed by atoms with E-state index in [0.29, 0.717) is 23.5 Å². The van der Waals surface area contributed by atoms with Gasteiger partial charge in [-0.1, -0.05) is 47.9 Å². The molecule has 0 unspecified atom stereocenters. The van der Waals surface area contributed by atoms with E-state index in [1.54, 1.807) is 6.20 Å². The van der Waals surface area contributed by atoms with E-state index in [9.17, 15) is 4.79 Å². The van der Waals surface area contributed by atoms with Crippen LogP contribution in [0, 0.1) is 0 Å². The Kier molecular flexibility index (Phi) is 3.46. The topological polar surface area (TPSA) is 76.7 Å². The fourth-order valence-corrected chi connectivity index (χ4v) is 3.33. The fourth-order valence-electron chi connectivity index (χ4n) is 3.33. The minimum absolute atomic E-state index is 0.258. The van der Waals surface area contributed by atoms with E-state index in [2.05, 4.69) is 15.0 Å². The lowest BCUT2D eigenvalue weighted by Crippen LogP contribution is -2.14. The fraction of sp³-hybridized carbons (Fsp3) is 0.0500. The first kappa shape index (κ1) is 15.6. The summed E-state index contributed by atoms with van der Waals surface area (Å²) in [7, 11) is 2.00. The lowest BCUT2D eigenvalue weighted by molar-refractivity contribution is 0.657. The molecule has 5 rings (SSSR count). The number of furan rings is 1. The second-order valence-electron chi connectivity index (χ2n) is 6.54. The van der Waals surface area contributed by atoms with Crippen LogP contribution in [-0.4, -0.2) is 27.4 Å². The third kappa shape index (κ3) is 2.64. The van der Waals surface area contributed by atoms with Crippen LogP contribution in [0.25, 0.3) is 33.5 Å². The summed E-state index contributed by atoms with van der Waals surface area (Å²) in [5.74, 6) is 1.39. The number of aromatic amines is 1. The molecule has 3 aromatic heterocycles. The van der Waals surface area contributed by atoms with Gasteiger partial charge < -0.3 is 14.0 Å². The quantitative estimate of drug-likeness (QED) is 0.502. The van der Waals surface area contributed by atoms with E-state index in [0.717, 1.165) is 22.2 Å². The van der Waals surface area contributed by atoms with Crippen LogP contribution in [0.2, 0.25) is 0 Å². The van der Waals surface area contributed by atoms with Crippen LogP contribution in [0.15, 0.2) is 70.1 Å². The van der Waals surface area contributed by atoms with Crippen molar-refractivity contribution in [3.63, 3.8) is 0 Å². The maximum atomic E-state index is 12.5. The van der Waals surface area contributed by atoms with E-state index < -0.39 is 0 Å². The van der Waals surface area contributed by atoms with Gasteiger partial charge in [0.15, 0.2) is 0 Å². The van der Waals surface area contributed by atoms with Gasteiger partial charge in [-0.2, -0.15) is 0 Å². The van der Waals surface area contributed by atoms with Gasteiger partial charge in [-0.3, -0.25) is 4.79 Å². The number of nitrogens with one attached hydrogen (secondary N) is 1. The van der Waals surface area contributed by atoms with E-state index in [4.69, 9.17) is 4.42 Å². The molecule has 6 nitrogen and oxygen atoms in total. The molecule has 5 aromatic rings. The Hall–Kier alpha value is -3.61. The Morgan fingerprint density at radius 1 is 1.15 bits per heavy atom. The molecule has 7 heteroatoms. The normalized spacial score (nSPS) is 11.4. The van der Waals surface area contributed by atoms with Crippen LogP contribution in [0.1, 0.15) is 5.82 Å². The Labute approximate surface area is 154 Å². The van der Waals surface area contributed by atoms with Gasteiger partial charge in [0.2, 0.25) is 5.58 Å². The first-order valence-corrected chi connectivity index (χ1v) is 8.68. The first-order valence-electron chi connectivity index (χ1n) is 8.68. The average Bonchev–Trinajstić information content (AvgIpc) is 3.27. The number of hydrogen-bond acceptors (Lipinski definition) is 4. The first-order chi connectivity index (χ1) is 13.2. The van der Waals surface area contributed by atoms with Gasteiger partial charge in [0.05, 0.1) is 6.54 Å². The highest BCUT2D eigenvalue weighted by atomic mass is 16.3. The maximum absolute atomic E-state index is 12.5.